The van der Waals surface area contributed by atoms with Gasteiger partial charge >= 0.3 is 11.9 Å². The molecule has 5 rings (SSSR count). The number of hydrogen-bond donors (Lipinski definition) is 9. The van der Waals surface area contributed by atoms with E-state index < -0.39 is 116 Å². The quantitative estimate of drug-likeness (QED) is 0.0649. The van der Waals surface area contributed by atoms with Crippen LogP contribution >= 0.6 is 0 Å². The van der Waals surface area contributed by atoms with Crippen molar-refractivity contribution in [2.75, 3.05) is 26.4 Å². The van der Waals surface area contributed by atoms with E-state index in [9.17, 15) is 55.5 Å². The monoisotopic (exact) mass is 796 g/mol. The van der Waals surface area contributed by atoms with E-state index >= 15 is 0 Å². The molecule has 0 radical (unpaired) electrons. The molecule has 9 N–H and O–H groups in total. The second-order valence-electron chi connectivity index (χ2n) is 14.1. The Labute approximate surface area is 320 Å². The van der Waals surface area contributed by atoms with Crippen LogP contribution in [0.4, 0.5) is 0 Å². The lowest BCUT2D eigenvalue weighted by molar-refractivity contribution is -0.375. The number of carbonyl (C=O) groups excluding carboxylic acids is 2. The zero-order valence-corrected chi connectivity index (χ0v) is 30.7. The predicted octanol–water partition coefficient (Wildman–Crippen LogP) is -0.705. The average Bonchev–Trinajstić information content (AvgIpc) is 3.45. The van der Waals surface area contributed by atoms with Gasteiger partial charge in [0.25, 0.3) is 0 Å². The third-order valence-corrected chi connectivity index (χ3v) is 9.72. The smallest absolute Gasteiger partial charge is 0.331 e. The topological polar surface area (TPSA) is 290 Å². The van der Waals surface area contributed by atoms with Crippen molar-refractivity contribution >= 4 is 18.0 Å². The first-order valence-corrected chi connectivity index (χ1v) is 17.7. The summed E-state index contributed by atoms with van der Waals surface area (Å²) >= 11 is 0. The van der Waals surface area contributed by atoms with E-state index in [1.54, 1.807) is 6.92 Å². The van der Waals surface area contributed by atoms with Crippen molar-refractivity contribution in [3.8, 4) is 23.0 Å². The fourth-order valence-electron chi connectivity index (χ4n) is 6.25. The molecule has 310 valence electrons. The molecule has 3 heterocycles. The summed E-state index contributed by atoms with van der Waals surface area (Å²) in [5.74, 6) is -3.33. The van der Waals surface area contributed by atoms with Crippen LogP contribution in [0, 0.1) is 5.41 Å². The van der Waals surface area contributed by atoms with Crippen LogP contribution in [-0.2, 0) is 53.9 Å². The average molecular weight is 797 g/mol. The largest absolute Gasteiger partial charge is 0.504 e. The van der Waals surface area contributed by atoms with E-state index in [1.165, 1.54) is 49.4 Å². The highest BCUT2D eigenvalue weighted by Gasteiger charge is 2.56. The molecular weight excluding hydrogens is 748 g/mol. The minimum Gasteiger partial charge on any atom is -0.504 e. The number of benzene rings is 2. The second-order valence-corrected chi connectivity index (χ2v) is 14.1. The summed E-state index contributed by atoms with van der Waals surface area (Å²) in [6.45, 7) is 2.73. The van der Waals surface area contributed by atoms with Crippen LogP contribution in [0.25, 0.3) is 6.08 Å². The van der Waals surface area contributed by atoms with Gasteiger partial charge in [-0.2, -0.15) is 0 Å². The molecule has 3 saturated heterocycles. The van der Waals surface area contributed by atoms with E-state index in [0.29, 0.717) is 5.56 Å². The molecule has 0 spiro atoms. The molecule has 2 aromatic carbocycles. The summed E-state index contributed by atoms with van der Waals surface area (Å²) in [5, 5.41) is 92.5. The van der Waals surface area contributed by atoms with Crippen molar-refractivity contribution in [3.63, 3.8) is 0 Å². The van der Waals surface area contributed by atoms with E-state index in [1.807, 2.05) is 0 Å². The van der Waals surface area contributed by atoms with Crippen molar-refractivity contribution in [3.05, 3.63) is 53.6 Å². The molecule has 0 unspecified atom stereocenters. The van der Waals surface area contributed by atoms with E-state index in [2.05, 4.69) is 0 Å². The Balaban J connectivity index is 1.53. The molecule has 0 bridgehead atoms. The second kappa shape index (κ2) is 18.4. The SMILES string of the molecule is CC(=O)OC[C@H]1O[C@@H](OCCc2ccc(O)c(O)c2)[C@H](O[C@@H]2OC[C@](C)(CO)[C@@H]2O)[C@@H](O[C@@H]2O[C@@H](C)[C@H](O)[C@@H](O)[C@H]2O)[C@@H]1OC(=O)/C=C/c1ccc(O)c(O)c1. The number of aromatic hydroxyl groups is 4. The lowest BCUT2D eigenvalue weighted by Crippen LogP contribution is -2.66. The number of hydrogen-bond acceptors (Lipinski definition) is 19. The van der Waals surface area contributed by atoms with Crippen molar-refractivity contribution in [1.82, 2.24) is 0 Å². The van der Waals surface area contributed by atoms with Crippen LogP contribution in [0.3, 0.4) is 0 Å². The van der Waals surface area contributed by atoms with Crippen LogP contribution in [0.15, 0.2) is 42.5 Å². The van der Waals surface area contributed by atoms with Gasteiger partial charge in [0.1, 0.15) is 49.3 Å². The first-order valence-electron chi connectivity index (χ1n) is 17.7. The first-order chi connectivity index (χ1) is 26.5. The molecule has 19 nitrogen and oxygen atoms in total. The zero-order valence-electron chi connectivity index (χ0n) is 30.7. The third-order valence-electron chi connectivity index (χ3n) is 9.72. The lowest BCUT2D eigenvalue weighted by atomic mass is 9.88. The van der Waals surface area contributed by atoms with Gasteiger partial charge in [-0.15, -0.1) is 0 Å². The van der Waals surface area contributed by atoms with Gasteiger partial charge in [0, 0.05) is 18.4 Å². The molecule has 0 amide bonds. The Hall–Kier alpha value is -4.12. The summed E-state index contributed by atoms with van der Waals surface area (Å²) < 4.78 is 47.4. The minimum absolute atomic E-state index is 0.133. The fourth-order valence-corrected chi connectivity index (χ4v) is 6.25. The molecule has 0 aromatic heterocycles. The van der Waals surface area contributed by atoms with Crippen molar-refractivity contribution in [1.29, 1.82) is 0 Å². The van der Waals surface area contributed by atoms with Crippen LogP contribution in [-0.4, -0.2) is 158 Å². The number of phenolic OH excluding ortho intramolecular Hbond substituents is 4. The Morgan fingerprint density at radius 2 is 1.52 bits per heavy atom. The summed E-state index contributed by atoms with van der Waals surface area (Å²) in [6.07, 6.45) is -16.2. The number of ether oxygens (including phenoxy) is 8. The fraction of sp³-hybridized carbons (Fsp3) is 0.568. The van der Waals surface area contributed by atoms with Crippen molar-refractivity contribution in [2.45, 2.75) is 101 Å². The standard InChI is InChI=1S/C37H48O19/c1-17-27(45)28(46)29(47)34(52-17)55-31-30(54-26(44)9-6-19-4-7-21(40)23(42)12-19)25(14-50-18(2)39)53-35(49-11-10-20-5-8-22(41)24(43)13-20)32(31)56-36-33(48)37(3,15-38)16-51-36/h4-9,12-13,17,25,27-36,38,40-43,45-48H,10-11,14-16H2,1-3H3/b9-6+/t17-,25+,27-,28+,29+,30+,31-,32+,33+,34-,35+,36-,37-/m0/s1. The highest BCUT2D eigenvalue weighted by atomic mass is 16.8. The van der Waals surface area contributed by atoms with E-state index in [-0.39, 0.29) is 36.7 Å². The molecule has 3 aliphatic rings. The van der Waals surface area contributed by atoms with Crippen LogP contribution in [0.1, 0.15) is 31.9 Å². The highest BCUT2D eigenvalue weighted by molar-refractivity contribution is 5.87. The maximum Gasteiger partial charge on any atom is 0.331 e. The number of rotatable bonds is 14. The van der Waals surface area contributed by atoms with Gasteiger partial charge in [-0.25, -0.2) is 4.79 Å². The zero-order chi connectivity index (χ0) is 40.9. The molecule has 0 saturated carbocycles. The highest BCUT2D eigenvalue weighted by Crippen LogP contribution is 2.38. The molecular formula is C37H48O19. The summed E-state index contributed by atoms with van der Waals surface area (Å²) in [7, 11) is 0. The van der Waals surface area contributed by atoms with Crippen molar-refractivity contribution in [2.24, 2.45) is 5.41 Å². The summed E-state index contributed by atoms with van der Waals surface area (Å²) in [6, 6.07) is 7.91. The molecule has 2 aromatic rings. The maximum atomic E-state index is 13.5. The number of aliphatic hydroxyl groups is 5. The number of phenols is 4. The van der Waals surface area contributed by atoms with Crippen LogP contribution in [0.5, 0.6) is 23.0 Å². The summed E-state index contributed by atoms with van der Waals surface area (Å²) in [5.41, 5.74) is -0.354. The molecule has 19 heteroatoms. The van der Waals surface area contributed by atoms with Gasteiger partial charge in [0.05, 0.1) is 25.9 Å². The van der Waals surface area contributed by atoms with Gasteiger partial charge in [0.2, 0.25) is 0 Å². The molecule has 56 heavy (non-hydrogen) atoms. The first kappa shape index (κ1) is 43.0. The molecule has 3 fully saturated rings. The van der Waals surface area contributed by atoms with Crippen LogP contribution in [0.2, 0.25) is 0 Å². The lowest BCUT2D eigenvalue weighted by Gasteiger charge is -2.48. The number of carbonyl (C=O) groups is 2. The summed E-state index contributed by atoms with van der Waals surface area (Å²) in [4.78, 5) is 25.5. The maximum absolute atomic E-state index is 13.5. The normalized spacial score (nSPS) is 34.7. The Morgan fingerprint density at radius 3 is 2.16 bits per heavy atom. The van der Waals surface area contributed by atoms with Crippen molar-refractivity contribution < 1.29 is 93.4 Å². The Kier molecular flexibility index (Phi) is 14.2. The molecule has 0 aliphatic carbocycles. The van der Waals surface area contributed by atoms with Gasteiger partial charge in [0.15, 0.2) is 48.0 Å². The third kappa shape index (κ3) is 10.1. The predicted molar refractivity (Wildman–Crippen MR) is 186 cm³/mol. The molecule has 3 aliphatic heterocycles. The Bertz CT molecular complexity index is 1690. The van der Waals surface area contributed by atoms with Gasteiger partial charge in [-0.1, -0.05) is 19.1 Å². The molecule has 13 atom stereocenters. The van der Waals surface area contributed by atoms with E-state index in [0.717, 1.165) is 13.0 Å². The number of aliphatic hydroxyl groups excluding tert-OH is 5. The van der Waals surface area contributed by atoms with Gasteiger partial charge < -0.3 is 83.9 Å². The number of esters is 2. The van der Waals surface area contributed by atoms with Crippen LogP contribution < -0.4 is 0 Å². The minimum atomic E-state index is -1.87. The Morgan fingerprint density at radius 1 is 0.839 bits per heavy atom. The van der Waals surface area contributed by atoms with E-state index in [4.69, 9.17) is 37.9 Å². The van der Waals surface area contributed by atoms with Gasteiger partial charge in [-0.3, -0.25) is 4.79 Å². The van der Waals surface area contributed by atoms with Gasteiger partial charge in [-0.05, 0) is 54.8 Å².